The number of carboxylic acids is 2. The third-order valence-electron chi connectivity index (χ3n) is 9.19. The number of hydrogen-bond acceptors (Lipinski definition) is 15. The van der Waals surface area contributed by atoms with Crippen LogP contribution in [0.3, 0.4) is 0 Å². The molecule has 0 spiro atoms. The molecule has 2 aliphatic rings. The first-order valence-corrected chi connectivity index (χ1v) is 21.4. The average molecular weight is 898 g/mol. The van der Waals surface area contributed by atoms with E-state index in [9.17, 15) is 63.6 Å². The van der Waals surface area contributed by atoms with Gasteiger partial charge in [-0.05, 0) is 43.4 Å². The van der Waals surface area contributed by atoms with Crippen molar-refractivity contribution in [2.24, 2.45) is 22.2 Å². The summed E-state index contributed by atoms with van der Waals surface area (Å²) in [5.41, 5.74) is 17.2. The van der Waals surface area contributed by atoms with Gasteiger partial charge < -0.3 is 74.4 Å². The largest absolute Gasteiger partial charge is 0.508 e. The van der Waals surface area contributed by atoms with E-state index in [0.717, 1.165) is 26.5 Å². The van der Waals surface area contributed by atoms with Gasteiger partial charge in [0.15, 0.2) is 5.96 Å². The van der Waals surface area contributed by atoms with Crippen LogP contribution >= 0.6 is 21.6 Å². The van der Waals surface area contributed by atoms with Crippen LogP contribution in [0.1, 0.15) is 37.7 Å². The normalized spacial score (nSPS) is 24.4. The van der Waals surface area contributed by atoms with Gasteiger partial charge in [0.05, 0.1) is 25.6 Å². The maximum absolute atomic E-state index is 13.8. The summed E-state index contributed by atoms with van der Waals surface area (Å²) in [7, 11) is 2.02. The molecular weight excluding hydrogens is 847 g/mol. The Morgan fingerprint density at radius 3 is 2.18 bits per heavy atom. The monoisotopic (exact) mass is 897 g/mol. The fraction of sp³-hybridized carbons (Fsp3) is 0.543. The molecule has 0 aromatic heterocycles. The molecule has 26 heteroatoms. The van der Waals surface area contributed by atoms with Crippen LogP contribution in [0.25, 0.3) is 0 Å². The van der Waals surface area contributed by atoms with Gasteiger partial charge in [0.2, 0.25) is 41.4 Å². The summed E-state index contributed by atoms with van der Waals surface area (Å²) in [5, 5.41) is 53.5. The van der Waals surface area contributed by atoms with Crippen molar-refractivity contribution in [2.45, 2.75) is 80.8 Å². The van der Waals surface area contributed by atoms with E-state index in [0.29, 0.717) is 5.56 Å². The predicted molar refractivity (Wildman–Crippen MR) is 219 cm³/mol. The Labute approximate surface area is 356 Å². The third kappa shape index (κ3) is 16.3. The molecule has 0 unspecified atom stereocenters. The number of aliphatic hydroxyl groups is 1. The molecule has 2 fully saturated rings. The average Bonchev–Trinajstić information content (AvgIpc) is 3.70. The van der Waals surface area contributed by atoms with Crippen LogP contribution in [0, 0.1) is 0 Å². The summed E-state index contributed by atoms with van der Waals surface area (Å²) < 4.78 is 0. The minimum Gasteiger partial charge on any atom is -0.508 e. The van der Waals surface area contributed by atoms with Crippen molar-refractivity contribution in [1.82, 2.24) is 36.8 Å². The zero-order valence-corrected chi connectivity index (χ0v) is 34.4. The lowest BCUT2D eigenvalue weighted by molar-refractivity contribution is -0.144. The standard InChI is InChI=1S/C35H51N11O13S2/c36-19-15-60-61-16-24(31(55)43-22(34(58)59)11-17-5-7-18(48)8-6-17)45-32(56)25-4-2-10-46(25)33(57)23(14-47)44-30(54)21(12-27(50)51)42-29(53)20(3-1-9-39-35(37)38)41-26(49)13-40-28(19)52/h5-8,19-25,47-48H,1-4,9-16,36H2,(H,40,52)(H,41,49)(H,42,53)(H,43,55)(H,44,54)(H,45,56)(H,50,51)(H,58,59)(H4,37,38,39)/t19-,20+,21+,22+,23+,24-,25+/m1/s1. The van der Waals surface area contributed by atoms with E-state index in [1.165, 1.54) is 24.3 Å². The number of rotatable bonds is 12. The van der Waals surface area contributed by atoms with Crippen molar-refractivity contribution in [1.29, 1.82) is 0 Å². The molecule has 0 bridgehead atoms. The van der Waals surface area contributed by atoms with Gasteiger partial charge in [-0.2, -0.15) is 0 Å². The first-order valence-electron chi connectivity index (χ1n) is 18.9. The van der Waals surface area contributed by atoms with Crippen LogP contribution in [0.4, 0.5) is 0 Å². The first kappa shape index (κ1) is 49.5. The quantitative estimate of drug-likeness (QED) is 0.0403. The molecule has 7 amide bonds. The molecule has 336 valence electrons. The van der Waals surface area contributed by atoms with Crippen LogP contribution in [0.2, 0.25) is 0 Å². The van der Waals surface area contributed by atoms with Gasteiger partial charge in [-0.25, -0.2) is 4.79 Å². The summed E-state index contributed by atoms with van der Waals surface area (Å²) in [6.45, 7) is -1.69. The predicted octanol–water partition coefficient (Wildman–Crippen LogP) is -5.21. The summed E-state index contributed by atoms with van der Waals surface area (Å²) in [5.74, 6) is -10.1. The fourth-order valence-electron chi connectivity index (χ4n) is 6.04. The third-order valence-corrected chi connectivity index (χ3v) is 11.6. The van der Waals surface area contributed by atoms with Crippen molar-refractivity contribution in [3.63, 3.8) is 0 Å². The Morgan fingerprint density at radius 1 is 0.885 bits per heavy atom. The topological polar surface area (TPSA) is 400 Å². The van der Waals surface area contributed by atoms with E-state index in [-0.39, 0.29) is 68.4 Å². The van der Waals surface area contributed by atoms with Crippen LogP contribution in [0.5, 0.6) is 5.75 Å². The van der Waals surface area contributed by atoms with Crippen LogP contribution in [-0.2, 0) is 49.6 Å². The van der Waals surface area contributed by atoms with E-state index < -0.39 is 115 Å². The molecule has 7 atom stereocenters. The highest BCUT2D eigenvalue weighted by Gasteiger charge is 2.40. The van der Waals surface area contributed by atoms with Gasteiger partial charge in [-0.3, -0.25) is 43.3 Å². The number of nitrogens with two attached hydrogens (primary N) is 3. The lowest BCUT2D eigenvalue weighted by Crippen LogP contribution is -2.60. The molecular formula is C35H51N11O13S2. The highest BCUT2D eigenvalue weighted by molar-refractivity contribution is 8.76. The van der Waals surface area contributed by atoms with Crippen LogP contribution in [-0.4, -0.2) is 165 Å². The number of nitrogens with zero attached hydrogens (tertiary/aromatic N) is 2. The number of aliphatic hydroxyl groups excluding tert-OH is 1. The number of fused-ring (bicyclic) bond motifs is 1. The summed E-state index contributed by atoms with van der Waals surface area (Å²) >= 11 is 0. The Kier molecular flexibility index (Phi) is 19.8. The van der Waals surface area contributed by atoms with E-state index in [2.05, 4.69) is 36.9 Å². The summed E-state index contributed by atoms with van der Waals surface area (Å²) in [6.07, 6.45) is -0.843. The number of carbonyl (C=O) groups excluding carboxylic acids is 7. The second kappa shape index (κ2) is 24.4. The molecule has 1 aromatic carbocycles. The van der Waals surface area contributed by atoms with E-state index >= 15 is 0 Å². The Morgan fingerprint density at radius 2 is 1.54 bits per heavy atom. The Balaban J connectivity index is 1.92. The molecule has 3 rings (SSSR count). The molecule has 2 aliphatic heterocycles. The lowest BCUT2D eigenvalue weighted by Gasteiger charge is -2.30. The van der Waals surface area contributed by atoms with Gasteiger partial charge in [0.25, 0.3) is 0 Å². The molecule has 0 saturated carbocycles. The van der Waals surface area contributed by atoms with Crippen molar-refractivity contribution >= 4 is 80.8 Å². The van der Waals surface area contributed by atoms with Crippen molar-refractivity contribution in [3.8, 4) is 5.75 Å². The zero-order chi connectivity index (χ0) is 45.2. The van der Waals surface area contributed by atoms with E-state index in [4.69, 9.17) is 17.2 Å². The van der Waals surface area contributed by atoms with Crippen molar-refractivity contribution in [2.75, 3.05) is 37.7 Å². The molecule has 1 aromatic rings. The number of hydrogen-bond donors (Lipinski definition) is 13. The van der Waals surface area contributed by atoms with Gasteiger partial charge in [-0.1, -0.05) is 33.7 Å². The molecule has 16 N–H and O–H groups in total. The number of guanidine groups is 1. The zero-order valence-electron chi connectivity index (χ0n) is 32.7. The number of carboxylic acid groups (broad SMARTS) is 2. The molecule has 61 heavy (non-hydrogen) atoms. The molecule has 2 saturated heterocycles. The van der Waals surface area contributed by atoms with Crippen LogP contribution < -0.4 is 49.1 Å². The number of phenolic OH excluding ortho intramolecular Hbond substituents is 1. The molecule has 24 nitrogen and oxygen atoms in total. The summed E-state index contributed by atoms with van der Waals surface area (Å²) in [6, 6.07) is -4.72. The first-order chi connectivity index (χ1) is 28.9. The number of nitrogens with one attached hydrogen (secondary N) is 6. The number of phenols is 1. The maximum atomic E-state index is 13.8. The van der Waals surface area contributed by atoms with Gasteiger partial charge in [0.1, 0.15) is 42.0 Å². The van der Waals surface area contributed by atoms with Crippen LogP contribution in [0.15, 0.2) is 29.3 Å². The summed E-state index contributed by atoms with van der Waals surface area (Å²) in [4.78, 5) is 123. The SMILES string of the molecule is NC(N)=NCCC[C@@H]1NC(=O)CNC(=O)[C@H](N)CSSC[C@H](C(=O)N[C@@H](Cc2ccc(O)cc2)C(=O)O)NC(=O)[C@@H]2CCCN2C(=O)[C@H](CO)NC(=O)[C@H](CC(=O)O)NC1=O. The number of aliphatic imine (C=N–C) groups is 1. The Hall–Kier alpha value is -5.86. The number of amides is 7. The van der Waals surface area contributed by atoms with E-state index in [1.807, 2.05) is 0 Å². The Bertz CT molecular complexity index is 1800. The second-order valence-electron chi connectivity index (χ2n) is 13.9. The van der Waals surface area contributed by atoms with Gasteiger partial charge >= 0.3 is 11.9 Å². The molecule has 0 aliphatic carbocycles. The van der Waals surface area contributed by atoms with Gasteiger partial charge in [0, 0.05) is 31.0 Å². The number of aromatic hydroxyl groups is 1. The highest BCUT2D eigenvalue weighted by atomic mass is 33.1. The second-order valence-corrected chi connectivity index (χ2v) is 16.4. The molecule has 0 radical (unpaired) electrons. The number of benzene rings is 1. The van der Waals surface area contributed by atoms with E-state index in [1.54, 1.807) is 0 Å². The highest BCUT2D eigenvalue weighted by Crippen LogP contribution is 2.24. The number of carbonyl (C=O) groups is 9. The van der Waals surface area contributed by atoms with Crippen molar-refractivity contribution in [3.05, 3.63) is 29.8 Å². The van der Waals surface area contributed by atoms with Crippen molar-refractivity contribution < 1.29 is 63.6 Å². The minimum absolute atomic E-state index is 0.0212. The maximum Gasteiger partial charge on any atom is 0.326 e. The van der Waals surface area contributed by atoms with Gasteiger partial charge in [-0.15, -0.1) is 0 Å². The lowest BCUT2D eigenvalue weighted by atomic mass is 10.1. The molecule has 2 heterocycles. The fourth-order valence-corrected chi connectivity index (χ4v) is 8.32. The number of aliphatic carboxylic acids is 2. The minimum atomic E-state index is -1.85. The smallest absolute Gasteiger partial charge is 0.326 e.